The van der Waals surface area contributed by atoms with Gasteiger partial charge in [-0.15, -0.1) is 0 Å². The minimum atomic E-state index is -3.10. The lowest BCUT2D eigenvalue weighted by atomic mass is 10.0. The van der Waals surface area contributed by atoms with Crippen molar-refractivity contribution in [1.82, 2.24) is 29.6 Å². The third kappa shape index (κ3) is 3.63. The van der Waals surface area contributed by atoms with E-state index in [1.165, 1.54) is 29.5 Å². The molecule has 174 valence electrons. The minimum Gasteiger partial charge on any atom is -0.324 e. The first-order valence-electron chi connectivity index (χ1n) is 11.3. The Hall–Kier alpha value is -3.66. The number of aromatic nitrogens is 5. The van der Waals surface area contributed by atoms with Crippen molar-refractivity contribution in [2.45, 2.75) is 44.7 Å². The summed E-state index contributed by atoms with van der Waals surface area (Å²) in [5.41, 5.74) is 3.10. The van der Waals surface area contributed by atoms with Gasteiger partial charge in [0.1, 0.15) is 11.1 Å². The van der Waals surface area contributed by atoms with Gasteiger partial charge in [0.2, 0.25) is 5.95 Å². The van der Waals surface area contributed by atoms with Gasteiger partial charge < -0.3 is 10.6 Å². The van der Waals surface area contributed by atoms with E-state index in [1.807, 2.05) is 6.07 Å². The molecule has 2 N–H and O–H groups in total. The number of pyridine rings is 1. The highest BCUT2D eigenvalue weighted by Gasteiger charge is 2.32. The maximum Gasteiger partial charge on any atom is 0.287 e. The summed E-state index contributed by atoms with van der Waals surface area (Å²) in [4.78, 5) is 26.3. The first-order chi connectivity index (χ1) is 16.4. The zero-order chi connectivity index (χ0) is 23.4. The Kier molecular flexibility index (Phi) is 4.73. The summed E-state index contributed by atoms with van der Waals surface area (Å²) in [6, 6.07) is 10.5. The summed E-state index contributed by atoms with van der Waals surface area (Å²) in [7, 11) is 0. The van der Waals surface area contributed by atoms with Crippen molar-refractivity contribution < 1.29 is 8.78 Å². The highest BCUT2D eigenvalue weighted by atomic mass is 19.3. The molecule has 10 heteroatoms. The van der Waals surface area contributed by atoms with Crippen molar-refractivity contribution in [3.05, 3.63) is 69.8 Å². The SMILES string of the molecule is CC(F)(F)c1cccc(-n2c3nc(Nc4ccc5c(c4)CCNC5)ncc3c(=O)n2C2CC2)n1. The molecule has 34 heavy (non-hydrogen) atoms. The molecule has 3 aromatic heterocycles. The molecule has 0 spiro atoms. The van der Waals surface area contributed by atoms with Gasteiger partial charge in [0.05, 0.1) is 6.04 Å². The maximum absolute atomic E-state index is 14.0. The van der Waals surface area contributed by atoms with E-state index in [0.717, 1.165) is 45.0 Å². The summed E-state index contributed by atoms with van der Waals surface area (Å²) in [5, 5.41) is 6.90. The lowest BCUT2D eigenvalue weighted by Crippen LogP contribution is -2.23. The van der Waals surface area contributed by atoms with E-state index < -0.39 is 5.92 Å². The van der Waals surface area contributed by atoms with Crippen molar-refractivity contribution in [3.63, 3.8) is 0 Å². The van der Waals surface area contributed by atoms with Crippen LogP contribution in [0.3, 0.4) is 0 Å². The number of rotatable bonds is 5. The summed E-state index contributed by atoms with van der Waals surface area (Å²) in [5.74, 6) is -2.56. The standard InChI is InChI=1S/C24H23F2N7O/c1-24(25,26)19-3-2-4-20(30-19)33-21-18(22(34)32(33)17-7-8-17)13-28-23(31-21)29-16-6-5-15-12-27-10-9-14(15)11-16/h2-6,11,13,17,27H,7-10,12H2,1H3,(H,28,29,31). The van der Waals surface area contributed by atoms with E-state index >= 15 is 0 Å². The van der Waals surface area contributed by atoms with Crippen molar-refractivity contribution in [2.24, 2.45) is 0 Å². The highest BCUT2D eigenvalue weighted by molar-refractivity contribution is 5.77. The molecule has 4 aromatic rings. The van der Waals surface area contributed by atoms with Crippen molar-refractivity contribution >= 4 is 22.7 Å². The zero-order valence-electron chi connectivity index (χ0n) is 18.6. The number of nitrogens with zero attached hydrogens (tertiary/aromatic N) is 5. The summed E-state index contributed by atoms with van der Waals surface area (Å²) in [6.07, 6.45) is 4.10. The van der Waals surface area contributed by atoms with Crippen molar-refractivity contribution in [1.29, 1.82) is 0 Å². The van der Waals surface area contributed by atoms with Crippen LogP contribution in [-0.4, -0.2) is 30.9 Å². The van der Waals surface area contributed by atoms with Crippen molar-refractivity contribution in [3.8, 4) is 5.82 Å². The van der Waals surface area contributed by atoms with Crippen LogP contribution in [0.1, 0.15) is 42.6 Å². The lowest BCUT2D eigenvalue weighted by molar-refractivity contribution is 0.0127. The van der Waals surface area contributed by atoms with Crippen LogP contribution < -0.4 is 16.2 Å². The Labute approximate surface area is 193 Å². The number of anilines is 2. The third-order valence-electron chi connectivity index (χ3n) is 6.27. The predicted molar refractivity (Wildman–Crippen MR) is 124 cm³/mol. The fraction of sp³-hybridized carbons (Fsp3) is 0.333. The molecule has 0 saturated heterocycles. The van der Waals surface area contributed by atoms with E-state index in [9.17, 15) is 13.6 Å². The van der Waals surface area contributed by atoms with Gasteiger partial charge in [-0.1, -0.05) is 12.1 Å². The molecular weight excluding hydrogens is 440 g/mol. The van der Waals surface area contributed by atoms with Crippen LogP contribution in [0.25, 0.3) is 16.9 Å². The van der Waals surface area contributed by atoms with Gasteiger partial charge in [-0.2, -0.15) is 13.8 Å². The van der Waals surface area contributed by atoms with Gasteiger partial charge >= 0.3 is 0 Å². The molecular formula is C24H23F2N7O. The molecule has 0 unspecified atom stereocenters. The van der Waals surface area contributed by atoms with Gasteiger partial charge in [-0.3, -0.25) is 4.79 Å². The number of hydrogen-bond donors (Lipinski definition) is 2. The average Bonchev–Trinajstić information content (AvgIpc) is 3.62. The van der Waals surface area contributed by atoms with Gasteiger partial charge in [0.15, 0.2) is 11.5 Å². The molecule has 0 atom stereocenters. The fourth-order valence-electron chi connectivity index (χ4n) is 4.40. The second kappa shape index (κ2) is 7.69. The van der Waals surface area contributed by atoms with Crippen LogP contribution >= 0.6 is 0 Å². The Morgan fingerprint density at radius 2 is 2.00 bits per heavy atom. The number of halogens is 2. The minimum absolute atomic E-state index is 0.0139. The molecule has 2 aliphatic rings. The third-order valence-corrected chi connectivity index (χ3v) is 6.27. The Bertz CT molecular complexity index is 1470. The molecule has 1 aromatic carbocycles. The van der Waals surface area contributed by atoms with Crippen molar-refractivity contribution in [2.75, 3.05) is 11.9 Å². The number of nitrogens with one attached hydrogen (secondary N) is 2. The Morgan fingerprint density at radius 3 is 2.79 bits per heavy atom. The van der Waals surface area contributed by atoms with E-state index in [-0.39, 0.29) is 23.1 Å². The van der Waals surface area contributed by atoms with Crippen LogP contribution in [0.15, 0.2) is 47.4 Å². The van der Waals surface area contributed by atoms with E-state index in [1.54, 1.807) is 15.4 Å². The molecule has 0 amide bonds. The van der Waals surface area contributed by atoms with Gasteiger partial charge in [0, 0.05) is 25.4 Å². The molecule has 1 fully saturated rings. The number of benzene rings is 1. The molecule has 0 bridgehead atoms. The fourth-order valence-corrected chi connectivity index (χ4v) is 4.40. The van der Waals surface area contributed by atoms with Gasteiger partial charge in [-0.05, 0) is 61.2 Å². The molecule has 4 heterocycles. The zero-order valence-corrected chi connectivity index (χ0v) is 18.6. The normalized spacial score (nSPS) is 16.0. The molecule has 6 rings (SSSR count). The van der Waals surface area contributed by atoms with E-state index in [2.05, 4.69) is 37.7 Å². The molecule has 1 aliphatic carbocycles. The largest absolute Gasteiger partial charge is 0.324 e. The monoisotopic (exact) mass is 463 g/mol. The smallest absolute Gasteiger partial charge is 0.287 e. The second-order valence-corrected chi connectivity index (χ2v) is 8.93. The molecule has 1 saturated carbocycles. The van der Waals surface area contributed by atoms with Crippen LogP contribution in [0.2, 0.25) is 0 Å². The van der Waals surface area contributed by atoms with Gasteiger partial charge in [-0.25, -0.2) is 19.3 Å². The molecule has 1 aliphatic heterocycles. The number of hydrogen-bond acceptors (Lipinski definition) is 6. The Morgan fingerprint density at radius 1 is 1.15 bits per heavy atom. The predicted octanol–water partition coefficient (Wildman–Crippen LogP) is 3.81. The van der Waals surface area contributed by atoms with Crippen LogP contribution in [-0.2, 0) is 18.9 Å². The summed E-state index contributed by atoms with van der Waals surface area (Å²) in [6.45, 7) is 2.59. The average molecular weight is 463 g/mol. The Balaban J connectivity index is 1.46. The highest BCUT2D eigenvalue weighted by Crippen LogP contribution is 2.36. The molecule has 8 nitrogen and oxygen atoms in total. The first-order valence-corrected chi connectivity index (χ1v) is 11.3. The van der Waals surface area contributed by atoms with Crippen LogP contribution in [0, 0.1) is 0 Å². The summed E-state index contributed by atoms with van der Waals surface area (Å²) >= 11 is 0. The quantitative estimate of drug-likeness (QED) is 0.468. The topological polar surface area (TPSA) is 89.7 Å². The van der Waals surface area contributed by atoms with Crippen LogP contribution in [0.4, 0.5) is 20.4 Å². The maximum atomic E-state index is 14.0. The second-order valence-electron chi connectivity index (χ2n) is 8.93. The van der Waals surface area contributed by atoms with E-state index in [4.69, 9.17) is 0 Å². The lowest BCUT2D eigenvalue weighted by Gasteiger charge is -2.18. The number of fused-ring (bicyclic) bond motifs is 2. The van der Waals surface area contributed by atoms with E-state index in [0.29, 0.717) is 17.0 Å². The summed E-state index contributed by atoms with van der Waals surface area (Å²) < 4.78 is 31.1. The first kappa shape index (κ1) is 20.9. The molecule has 0 radical (unpaired) electrons. The van der Waals surface area contributed by atoms with Gasteiger partial charge in [0.25, 0.3) is 11.5 Å². The van der Waals surface area contributed by atoms with Crippen LogP contribution in [0.5, 0.6) is 0 Å². The number of alkyl halides is 2.